The van der Waals surface area contributed by atoms with Crippen molar-refractivity contribution in [1.82, 2.24) is 44.9 Å². The third-order valence-corrected chi connectivity index (χ3v) is 13.8. The zero-order valence-electron chi connectivity index (χ0n) is 39.9. The molecule has 5 N–H and O–H groups in total. The predicted molar refractivity (Wildman–Crippen MR) is 254 cm³/mol. The molecular formula is C49H54F5N11O9. The van der Waals surface area contributed by atoms with Crippen LogP contribution >= 0.6 is 0 Å². The van der Waals surface area contributed by atoms with Crippen LogP contribution in [0.5, 0.6) is 11.5 Å². The van der Waals surface area contributed by atoms with Crippen molar-refractivity contribution in [2.75, 3.05) is 76.4 Å². The number of fused-ring (bicyclic) bond motifs is 2. The molecular weight excluding hydrogens is 982 g/mol. The largest absolute Gasteiger partial charge is 0.491 e. The predicted octanol–water partition coefficient (Wildman–Crippen LogP) is 3.79. The molecule has 4 amide bonds. The maximum absolute atomic E-state index is 14.9. The summed E-state index contributed by atoms with van der Waals surface area (Å²) in [6, 6.07) is 8.45. The van der Waals surface area contributed by atoms with Crippen molar-refractivity contribution in [3.8, 4) is 22.8 Å². The maximum atomic E-state index is 14.9. The Kier molecular flexibility index (Phi) is 15.9. The van der Waals surface area contributed by atoms with E-state index >= 15 is 0 Å². The summed E-state index contributed by atoms with van der Waals surface area (Å²) < 4.78 is 93.3. The highest BCUT2D eigenvalue weighted by Gasteiger charge is 2.48. The van der Waals surface area contributed by atoms with Gasteiger partial charge in [0.1, 0.15) is 36.3 Å². The molecule has 1 unspecified atom stereocenters. The number of nitrogens with two attached hydrogens (primary N) is 1. The molecule has 3 atom stereocenters. The first-order valence-electron chi connectivity index (χ1n) is 24.2. The lowest BCUT2D eigenvalue weighted by atomic mass is 9.81. The SMILES string of the molecule is Nc1ncnc2c1ncn2Cc1cc(-c2ccc(OC(F)F)c(F)c2)ncc1N1CCC[C@](NC2CCN(CCOCCOCCOc3ccc4c(c3)C(=O)N(C3CCC(=O)NC3=O)C4=O)CC2)([C@H](O)C(F)F)C1. The van der Waals surface area contributed by atoms with Crippen LogP contribution in [0, 0.1) is 5.82 Å². The molecule has 3 aromatic heterocycles. The van der Waals surface area contributed by atoms with Crippen LogP contribution in [0.2, 0.25) is 0 Å². The van der Waals surface area contributed by atoms with Crippen molar-refractivity contribution in [2.45, 2.75) is 81.8 Å². The number of aliphatic hydroxyl groups is 1. The quantitative estimate of drug-likeness (QED) is 0.0464. The van der Waals surface area contributed by atoms with Crippen LogP contribution in [0.25, 0.3) is 22.4 Å². The average molecular weight is 1040 g/mol. The minimum atomic E-state index is -3.22. The van der Waals surface area contributed by atoms with Gasteiger partial charge in [0, 0.05) is 37.7 Å². The number of aromatic nitrogens is 5. The number of carbonyl (C=O) groups is 4. The zero-order chi connectivity index (χ0) is 52.1. The van der Waals surface area contributed by atoms with Crippen molar-refractivity contribution in [3.05, 3.63) is 83.8 Å². The molecule has 0 bridgehead atoms. The lowest BCUT2D eigenvalue weighted by Gasteiger charge is -2.49. The summed E-state index contributed by atoms with van der Waals surface area (Å²) in [7, 11) is 0. The van der Waals surface area contributed by atoms with Crippen molar-refractivity contribution < 1.29 is 65.2 Å². The topological polar surface area (TPSA) is 242 Å². The summed E-state index contributed by atoms with van der Waals surface area (Å²) in [5.41, 5.74) is 7.46. The Labute approximate surface area is 420 Å². The molecule has 0 radical (unpaired) electrons. The number of ether oxygens (including phenoxy) is 4. The van der Waals surface area contributed by atoms with Gasteiger partial charge >= 0.3 is 6.61 Å². The summed E-state index contributed by atoms with van der Waals surface area (Å²) in [5, 5.41) is 17.0. The molecule has 20 nitrogen and oxygen atoms in total. The summed E-state index contributed by atoms with van der Waals surface area (Å²) in [5.74, 6) is -3.49. The van der Waals surface area contributed by atoms with E-state index in [0.717, 1.165) is 17.0 Å². The summed E-state index contributed by atoms with van der Waals surface area (Å²) in [6.07, 6.45) is 1.40. The van der Waals surface area contributed by atoms with Gasteiger partial charge in [-0.3, -0.25) is 34.4 Å². The first-order valence-corrected chi connectivity index (χ1v) is 24.2. The molecule has 3 fully saturated rings. The number of nitrogens with one attached hydrogen (secondary N) is 2. The van der Waals surface area contributed by atoms with E-state index in [1.54, 1.807) is 22.9 Å². The fourth-order valence-corrected chi connectivity index (χ4v) is 10.1. The van der Waals surface area contributed by atoms with Gasteiger partial charge in [0.25, 0.3) is 18.2 Å². The van der Waals surface area contributed by atoms with Gasteiger partial charge in [-0.1, -0.05) is 0 Å². The summed E-state index contributed by atoms with van der Waals surface area (Å²) in [4.78, 5) is 72.3. The second-order valence-corrected chi connectivity index (χ2v) is 18.5. The highest BCUT2D eigenvalue weighted by Crippen LogP contribution is 2.37. The van der Waals surface area contributed by atoms with Gasteiger partial charge in [0.15, 0.2) is 23.0 Å². The number of piperidine rings is 3. The van der Waals surface area contributed by atoms with E-state index in [9.17, 15) is 46.2 Å². The van der Waals surface area contributed by atoms with E-state index < -0.39 is 65.9 Å². The molecule has 4 aliphatic heterocycles. The maximum Gasteiger partial charge on any atom is 0.387 e. The average Bonchev–Trinajstić information content (AvgIpc) is 3.90. The number of rotatable bonds is 21. The number of aliphatic hydroxyl groups excluding tert-OH is 1. The molecule has 74 heavy (non-hydrogen) atoms. The van der Waals surface area contributed by atoms with Gasteiger partial charge in [-0.15, -0.1) is 0 Å². The fraction of sp³-hybridized carbons (Fsp3) is 0.469. The minimum Gasteiger partial charge on any atom is -0.491 e. The Hall–Kier alpha value is -6.93. The molecule has 0 saturated carbocycles. The number of hydrogen-bond acceptors (Lipinski definition) is 17. The van der Waals surface area contributed by atoms with Crippen LogP contribution in [0.15, 0.2) is 61.3 Å². The monoisotopic (exact) mass is 1040 g/mol. The van der Waals surface area contributed by atoms with Crippen molar-refractivity contribution in [1.29, 1.82) is 0 Å². The van der Waals surface area contributed by atoms with Crippen LogP contribution in [-0.4, -0.2) is 166 Å². The first-order chi connectivity index (χ1) is 35.7. The number of alkyl halides is 4. The molecule has 0 spiro atoms. The van der Waals surface area contributed by atoms with E-state index in [0.29, 0.717) is 99.1 Å². The number of imide groups is 2. The Morgan fingerprint density at radius 1 is 0.878 bits per heavy atom. The van der Waals surface area contributed by atoms with E-state index in [-0.39, 0.29) is 74.1 Å². The number of halogens is 5. The van der Waals surface area contributed by atoms with Crippen LogP contribution in [-0.2, 0) is 25.6 Å². The lowest BCUT2D eigenvalue weighted by Crippen LogP contribution is -2.68. The molecule has 5 aromatic rings. The van der Waals surface area contributed by atoms with Crippen LogP contribution < -0.4 is 30.7 Å². The second-order valence-electron chi connectivity index (χ2n) is 18.5. The van der Waals surface area contributed by atoms with Crippen molar-refractivity contribution >= 4 is 46.3 Å². The second kappa shape index (κ2) is 22.7. The van der Waals surface area contributed by atoms with E-state index in [1.807, 2.05) is 4.90 Å². The van der Waals surface area contributed by atoms with Crippen molar-refractivity contribution in [3.63, 3.8) is 0 Å². The van der Waals surface area contributed by atoms with E-state index in [1.165, 1.54) is 30.9 Å². The van der Waals surface area contributed by atoms with Crippen LogP contribution in [0.4, 0.5) is 33.5 Å². The normalized spacial score (nSPS) is 20.2. The Bertz CT molecular complexity index is 2870. The molecule has 0 aliphatic carbocycles. The zero-order valence-corrected chi connectivity index (χ0v) is 39.9. The highest BCUT2D eigenvalue weighted by molar-refractivity contribution is 6.23. The molecule has 394 valence electrons. The molecule has 4 aliphatic rings. The number of nitrogens with zero attached hydrogens (tertiary/aromatic N) is 8. The Morgan fingerprint density at radius 3 is 2.41 bits per heavy atom. The number of likely N-dealkylation sites (tertiary alicyclic amines) is 1. The molecule has 2 aromatic carbocycles. The highest BCUT2D eigenvalue weighted by atomic mass is 19.3. The van der Waals surface area contributed by atoms with Crippen LogP contribution in [0.1, 0.15) is 64.8 Å². The van der Waals surface area contributed by atoms with E-state index in [2.05, 4.69) is 40.2 Å². The number of amides is 4. The molecule has 7 heterocycles. The van der Waals surface area contributed by atoms with Gasteiger partial charge in [-0.2, -0.15) is 8.78 Å². The number of hydrogen-bond donors (Lipinski definition) is 4. The summed E-state index contributed by atoms with van der Waals surface area (Å²) in [6.45, 7) is 0.730. The number of anilines is 2. The Morgan fingerprint density at radius 2 is 1.65 bits per heavy atom. The van der Waals surface area contributed by atoms with Crippen LogP contribution in [0.3, 0.4) is 0 Å². The standard InChI is InChI=1S/C49H54F5N11O9/c50-34-20-28(2-6-38(34)74-48(53)54)35-21-29(24-64-27-59-40-43(55)57-26-58-44(40)64)37(23-56-35)63-11-1-10-49(25-63,41(67)42(51)52)61-30-8-12-62(13-9-30)14-15-71-16-17-72-18-19-73-31-3-4-32-33(22-31)47(70)65(46(32)69)36-5-7-39(66)60-45(36)68/h2-4,6,20-23,26-27,30,36,41-42,48,61,67H,1,5,7-19,24-25H2,(H2,55,57,58)(H,60,66,68)/t36?,41-,49-/m1/s1. The number of carbonyl (C=O) groups excluding carboxylic acids is 4. The van der Waals surface area contributed by atoms with Gasteiger partial charge in [-0.05, 0) is 93.2 Å². The first kappa shape index (κ1) is 52.0. The van der Waals surface area contributed by atoms with Gasteiger partial charge in [-0.25, -0.2) is 28.1 Å². The molecule has 3 saturated heterocycles. The number of pyridine rings is 1. The number of nitrogen functional groups attached to an aromatic ring is 1. The molecule has 9 rings (SSSR count). The smallest absolute Gasteiger partial charge is 0.387 e. The lowest BCUT2D eigenvalue weighted by molar-refractivity contribution is -0.136. The fourth-order valence-electron chi connectivity index (χ4n) is 10.1. The van der Waals surface area contributed by atoms with Gasteiger partial charge in [0.2, 0.25) is 11.8 Å². The number of imidazole rings is 1. The van der Waals surface area contributed by atoms with Crippen molar-refractivity contribution in [2.24, 2.45) is 0 Å². The third kappa shape index (κ3) is 11.4. The minimum absolute atomic E-state index is 0.00705. The number of benzene rings is 2. The summed E-state index contributed by atoms with van der Waals surface area (Å²) >= 11 is 0. The Balaban J connectivity index is 0.757. The van der Waals surface area contributed by atoms with Gasteiger partial charge in [0.05, 0.1) is 73.5 Å². The van der Waals surface area contributed by atoms with E-state index in [4.69, 9.17) is 19.9 Å². The molecule has 25 heteroatoms. The third-order valence-electron chi connectivity index (χ3n) is 13.8. The van der Waals surface area contributed by atoms with Gasteiger partial charge < -0.3 is 49.5 Å².